The Morgan fingerprint density at radius 2 is 1.57 bits per heavy atom. The fraction of sp³-hybridized carbons (Fsp3) is 0.235. The van der Waals surface area contributed by atoms with Crippen LogP contribution in [-0.2, 0) is 10.0 Å². The third kappa shape index (κ3) is 4.18. The van der Waals surface area contributed by atoms with Crippen LogP contribution in [0, 0.1) is 0 Å². The largest absolute Gasteiger partial charge is 0.478 e. The average Bonchev–Trinajstić information content (AvgIpc) is 2.45. The van der Waals surface area contributed by atoms with Crippen molar-refractivity contribution in [1.29, 1.82) is 0 Å². The molecular formula is C17H19NO4S. The second-order valence-corrected chi connectivity index (χ2v) is 7.91. The third-order valence-corrected chi connectivity index (χ3v) is 4.85. The predicted octanol–water partition coefficient (Wildman–Crippen LogP) is 3.13. The van der Waals surface area contributed by atoms with Crippen LogP contribution in [0.1, 0.15) is 31.1 Å². The molecule has 2 rings (SSSR count). The van der Waals surface area contributed by atoms with Gasteiger partial charge in [0, 0.05) is 5.54 Å². The summed E-state index contributed by atoms with van der Waals surface area (Å²) in [6, 6.07) is 12.8. The number of rotatable bonds is 4. The molecule has 6 heteroatoms. The normalized spacial score (nSPS) is 12.1. The van der Waals surface area contributed by atoms with Crippen molar-refractivity contribution in [1.82, 2.24) is 4.72 Å². The van der Waals surface area contributed by atoms with E-state index in [1.807, 2.05) is 0 Å². The summed E-state index contributed by atoms with van der Waals surface area (Å²) in [7, 11) is -3.61. The van der Waals surface area contributed by atoms with Crippen LogP contribution in [0.5, 0.6) is 0 Å². The lowest BCUT2D eigenvalue weighted by Gasteiger charge is -2.20. The van der Waals surface area contributed by atoms with Gasteiger partial charge in [0.15, 0.2) is 0 Å². The summed E-state index contributed by atoms with van der Waals surface area (Å²) < 4.78 is 27.1. The van der Waals surface area contributed by atoms with Gasteiger partial charge in [0.05, 0.1) is 10.5 Å². The Balaban J connectivity index is 2.40. The Labute approximate surface area is 136 Å². The molecule has 0 atom stereocenters. The Morgan fingerprint density at radius 3 is 2.09 bits per heavy atom. The molecule has 122 valence electrons. The number of hydrogen-bond acceptors (Lipinski definition) is 3. The number of nitrogens with one attached hydrogen (secondary N) is 1. The second-order valence-electron chi connectivity index (χ2n) is 6.23. The average molecular weight is 333 g/mol. The maximum atomic E-state index is 12.3. The first kappa shape index (κ1) is 17.2. The number of carboxylic acid groups (broad SMARTS) is 1. The highest BCUT2D eigenvalue weighted by molar-refractivity contribution is 7.89. The summed E-state index contributed by atoms with van der Waals surface area (Å²) in [5.41, 5.74) is 0.800. The first-order valence-electron chi connectivity index (χ1n) is 7.07. The highest BCUT2D eigenvalue weighted by atomic mass is 32.2. The van der Waals surface area contributed by atoms with Crippen molar-refractivity contribution < 1.29 is 18.3 Å². The van der Waals surface area contributed by atoms with Gasteiger partial charge in [0.25, 0.3) is 0 Å². The number of benzene rings is 2. The minimum absolute atomic E-state index is 0.143. The lowest BCUT2D eigenvalue weighted by atomic mass is 10.00. The Bertz CT molecular complexity index is 818. The van der Waals surface area contributed by atoms with Crippen LogP contribution in [0.2, 0.25) is 0 Å². The predicted molar refractivity (Wildman–Crippen MR) is 88.9 cm³/mol. The molecule has 23 heavy (non-hydrogen) atoms. The highest BCUT2D eigenvalue weighted by Gasteiger charge is 2.22. The van der Waals surface area contributed by atoms with Gasteiger partial charge in [-0.25, -0.2) is 17.9 Å². The Kier molecular flexibility index (Phi) is 4.58. The molecule has 0 heterocycles. The molecule has 5 nitrogen and oxygen atoms in total. The van der Waals surface area contributed by atoms with Crippen molar-refractivity contribution in [2.24, 2.45) is 0 Å². The lowest BCUT2D eigenvalue weighted by Crippen LogP contribution is -2.40. The summed E-state index contributed by atoms with van der Waals surface area (Å²) in [6.45, 7) is 5.30. The van der Waals surface area contributed by atoms with Crippen LogP contribution in [0.25, 0.3) is 11.1 Å². The zero-order chi connectivity index (χ0) is 17.3. The quantitative estimate of drug-likeness (QED) is 0.900. The van der Waals surface area contributed by atoms with Crippen molar-refractivity contribution >= 4 is 16.0 Å². The Hall–Kier alpha value is -2.18. The van der Waals surface area contributed by atoms with E-state index in [1.54, 1.807) is 51.1 Å². The van der Waals surface area contributed by atoms with Crippen molar-refractivity contribution in [3.63, 3.8) is 0 Å². The van der Waals surface area contributed by atoms with Gasteiger partial charge < -0.3 is 5.11 Å². The van der Waals surface area contributed by atoms with Gasteiger partial charge in [-0.3, -0.25) is 0 Å². The molecular weight excluding hydrogens is 314 g/mol. The van der Waals surface area contributed by atoms with Crippen LogP contribution in [0.4, 0.5) is 0 Å². The van der Waals surface area contributed by atoms with Gasteiger partial charge in [0.2, 0.25) is 10.0 Å². The summed E-state index contributed by atoms with van der Waals surface area (Å²) >= 11 is 0. The van der Waals surface area contributed by atoms with E-state index in [4.69, 9.17) is 0 Å². The number of carbonyl (C=O) groups is 1. The van der Waals surface area contributed by atoms with Gasteiger partial charge in [0.1, 0.15) is 0 Å². The molecule has 0 saturated heterocycles. The van der Waals surface area contributed by atoms with Crippen molar-refractivity contribution in [2.75, 3.05) is 0 Å². The fourth-order valence-corrected chi connectivity index (χ4v) is 3.62. The summed E-state index contributed by atoms with van der Waals surface area (Å²) in [5, 5.41) is 9.23. The van der Waals surface area contributed by atoms with Crippen molar-refractivity contribution in [3.8, 4) is 11.1 Å². The highest BCUT2D eigenvalue weighted by Crippen LogP contribution is 2.25. The van der Waals surface area contributed by atoms with Gasteiger partial charge in [-0.1, -0.05) is 30.3 Å². The van der Waals surface area contributed by atoms with Crippen molar-refractivity contribution in [2.45, 2.75) is 31.2 Å². The van der Waals surface area contributed by atoms with Crippen LogP contribution < -0.4 is 4.72 Å². The minimum Gasteiger partial charge on any atom is -0.478 e. The molecule has 2 aromatic carbocycles. The molecule has 0 bridgehead atoms. The van der Waals surface area contributed by atoms with E-state index in [9.17, 15) is 18.3 Å². The van der Waals surface area contributed by atoms with E-state index in [1.165, 1.54) is 18.2 Å². The molecule has 0 unspecified atom stereocenters. The zero-order valence-electron chi connectivity index (χ0n) is 13.2. The number of hydrogen-bond donors (Lipinski definition) is 2. The van der Waals surface area contributed by atoms with Gasteiger partial charge in [-0.15, -0.1) is 0 Å². The molecule has 0 amide bonds. The summed E-state index contributed by atoms with van der Waals surface area (Å²) in [4.78, 5) is 11.4. The van der Waals surface area contributed by atoms with Crippen LogP contribution in [0.15, 0.2) is 53.4 Å². The number of aromatic carboxylic acids is 1. The number of carboxylic acids is 1. The lowest BCUT2D eigenvalue weighted by molar-refractivity contribution is 0.0697. The molecule has 0 spiro atoms. The SMILES string of the molecule is CC(C)(C)NS(=O)(=O)c1ccc(-c2ccccc2C(=O)O)cc1. The number of sulfonamides is 1. The molecule has 0 aliphatic heterocycles. The van der Waals surface area contributed by atoms with E-state index >= 15 is 0 Å². The zero-order valence-corrected chi connectivity index (χ0v) is 14.0. The topological polar surface area (TPSA) is 83.5 Å². The molecule has 0 aliphatic carbocycles. The third-order valence-electron chi connectivity index (χ3n) is 3.07. The summed E-state index contributed by atoms with van der Waals surface area (Å²) in [5.74, 6) is -1.02. The summed E-state index contributed by atoms with van der Waals surface area (Å²) in [6.07, 6.45) is 0. The van der Waals surface area contributed by atoms with Gasteiger partial charge in [-0.2, -0.15) is 0 Å². The van der Waals surface area contributed by atoms with E-state index in [0.29, 0.717) is 11.1 Å². The van der Waals surface area contributed by atoms with Gasteiger partial charge >= 0.3 is 5.97 Å². The van der Waals surface area contributed by atoms with Crippen LogP contribution in [0.3, 0.4) is 0 Å². The first-order valence-corrected chi connectivity index (χ1v) is 8.55. The maximum Gasteiger partial charge on any atom is 0.336 e. The fourth-order valence-electron chi connectivity index (χ4n) is 2.20. The molecule has 0 saturated carbocycles. The standard InChI is InChI=1S/C17H19NO4S/c1-17(2,3)18-23(21,22)13-10-8-12(9-11-13)14-6-4-5-7-15(14)16(19)20/h4-11,18H,1-3H3,(H,19,20). The van der Waals surface area contributed by atoms with E-state index < -0.39 is 21.5 Å². The van der Waals surface area contributed by atoms with Crippen LogP contribution in [-0.4, -0.2) is 25.0 Å². The first-order chi connectivity index (χ1) is 10.6. The minimum atomic E-state index is -3.61. The van der Waals surface area contributed by atoms with Crippen molar-refractivity contribution in [3.05, 3.63) is 54.1 Å². The van der Waals surface area contributed by atoms with Crippen LogP contribution >= 0.6 is 0 Å². The molecule has 2 N–H and O–H groups in total. The van der Waals surface area contributed by atoms with E-state index in [2.05, 4.69) is 4.72 Å². The molecule has 0 radical (unpaired) electrons. The second kappa shape index (κ2) is 6.14. The Morgan fingerprint density at radius 1 is 1.00 bits per heavy atom. The monoisotopic (exact) mass is 333 g/mol. The smallest absolute Gasteiger partial charge is 0.336 e. The maximum absolute atomic E-state index is 12.3. The van der Waals surface area contributed by atoms with E-state index in [0.717, 1.165) is 0 Å². The molecule has 0 aliphatic rings. The molecule has 0 aromatic heterocycles. The molecule has 0 fully saturated rings. The molecule has 2 aromatic rings. The van der Waals surface area contributed by atoms with Gasteiger partial charge in [-0.05, 0) is 50.1 Å². The van der Waals surface area contributed by atoms with E-state index in [-0.39, 0.29) is 10.5 Å².